The van der Waals surface area contributed by atoms with Gasteiger partial charge in [-0.05, 0) is 42.4 Å². The first-order valence-electron chi connectivity index (χ1n) is 9.75. The highest BCUT2D eigenvalue weighted by atomic mass is 16.5. The molecular formula is C21H25N5O2. The Balaban J connectivity index is 1.43. The summed E-state index contributed by atoms with van der Waals surface area (Å²) in [7, 11) is 1.42. The number of aromatic nitrogens is 4. The minimum atomic E-state index is -0.206. The lowest BCUT2D eigenvalue weighted by Gasteiger charge is -2.19. The quantitative estimate of drug-likeness (QED) is 0.613. The minimum absolute atomic E-state index is 0.206. The van der Waals surface area contributed by atoms with E-state index in [1.54, 1.807) is 10.8 Å². The topological polar surface area (TPSA) is 72.6 Å². The summed E-state index contributed by atoms with van der Waals surface area (Å²) in [5, 5.41) is 12.8. The second-order valence-electron chi connectivity index (χ2n) is 7.35. The van der Waals surface area contributed by atoms with E-state index in [9.17, 15) is 4.79 Å². The van der Waals surface area contributed by atoms with Crippen molar-refractivity contribution in [1.29, 1.82) is 0 Å². The summed E-state index contributed by atoms with van der Waals surface area (Å²) in [6.07, 6.45) is 5.06. The van der Waals surface area contributed by atoms with Gasteiger partial charge in [-0.2, -0.15) is 9.61 Å². The van der Waals surface area contributed by atoms with Crippen LogP contribution in [0.1, 0.15) is 30.2 Å². The van der Waals surface area contributed by atoms with E-state index >= 15 is 0 Å². The van der Waals surface area contributed by atoms with Gasteiger partial charge < -0.3 is 9.64 Å². The van der Waals surface area contributed by atoms with Crippen molar-refractivity contribution in [3.8, 4) is 0 Å². The van der Waals surface area contributed by atoms with E-state index in [0.29, 0.717) is 12.3 Å². The van der Waals surface area contributed by atoms with Gasteiger partial charge in [-0.3, -0.25) is 4.79 Å². The number of rotatable bonds is 6. The predicted molar refractivity (Wildman–Crippen MR) is 106 cm³/mol. The molecule has 1 atom stereocenters. The number of esters is 1. The van der Waals surface area contributed by atoms with Gasteiger partial charge in [0.05, 0.1) is 24.9 Å². The number of carbonyl (C=O) groups is 1. The maximum atomic E-state index is 11.4. The molecule has 1 unspecified atom stereocenters. The third kappa shape index (κ3) is 3.83. The fourth-order valence-corrected chi connectivity index (χ4v) is 3.85. The van der Waals surface area contributed by atoms with E-state index in [1.165, 1.54) is 12.7 Å². The Morgan fingerprint density at radius 3 is 2.79 bits per heavy atom. The zero-order valence-corrected chi connectivity index (χ0v) is 16.3. The van der Waals surface area contributed by atoms with Crippen LogP contribution in [0.3, 0.4) is 0 Å². The molecule has 1 aliphatic heterocycles. The Hall–Kier alpha value is -2.96. The fraction of sp³-hybridized carbons (Fsp3) is 0.429. The summed E-state index contributed by atoms with van der Waals surface area (Å²) in [5.41, 5.74) is 5.29. The molecule has 0 amide bonds. The van der Waals surface area contributed by atoms with Crippen molar-refractivity contribution in [2.45, 2.75) is 32.6 Å². The lowest BCUT2D eigenvalue weighted by Crippen LogP contribution is -2.21. The van der Waals surface area contributed by atoms with E-state index in [4.69, 9.17) is 4.74 Å². The molecule has 146 valence electrons. The van der Waals surface area contributed by atoms with E-state index in [1.807, 2.05) is 12.1 Å². The van der Waals surface area contributed by atoms with Crippen molar-refractivity contribution in [3.05, 3.63) is 53.5 Å². The van der Waals surface area contributed by atoms with Crippen molar-refractivity contribution in [1.82, 2.24) is 19.8 Å². The normalized spacial score (nSPS) is 16.6. The second kappa shape index (κ2) is 7.96. The number of nitrogens with zero attached hydrogens (tertiary/aromatic N) is 5. The molecule has 0 saturated carbocycles. The number of anilines is 1. The minimum Gasteiger partial charge on any atom is -0.469 e. The molecule has 7 nitrogen and oxygen atoms in total. The van der Waals surface area contributed by atoms with Crippen LogP contribution in [0.2, 0.25) is 0 Å². The van der Waals surface area contributed by atoms with Gasteiger partial charge in [-0.1, -0.05) is 31.2 Å². The van der Waals surface area contributed by atoms with Crippen LogP contribution >= 0.6 is 0 Å². The Kier molecular flexibility index (Phi) is 5.23. The fourth-order valence-electron chi connectivity index (χ4n) is 3.85. The number of hydrogen-bond acceptors (Lipinski definition) is 6. The monoisotopic (exact) mass is 379 g/mol. The first kappa shape index (κ1) is 18.4. The van der Waals surface area contributed by atoms with Gasteiger partial charge in [0.2, 0.25) is 5.65 Å². The Labute approximate surface area is 164 Å². The van der Waals surface area contributed by atoms with Gasteiger partial charge in [0.25, 0.3) is 0 Å². The van der Waals surface area contributed by atoms with Crippen molar-refractivity contribution >= 4 is 17.3 Å². The number of ether oxygens (including phenoxy) is 1. The van der Waals surface area contributed by atoms with Gasteiger partial charge in [0, 0.05) is 13.1 Å². The number of hydrogen-bond donors (Lipinski definition) is 0. The van der Waals surface area contributed by atoms with Crippen LogP contribution in [0, 0.1) is 5.92 Å². The summed E-state index contributed by atoms with van der Waals surface area (Å²) >= 11 is 0. The number of methoxy groups -OCH3 is 1. The highest BCUT2D eigenvalue weighted by Crippen LogP contribution is 2.29. The molecule has 3 aromatic rings. The third-order valence-corrected chi connectivity index (χ3v) is 5.41. The summed E-state index contributed by atoms with van der Waals surface area (Å²) in [6.45, 7) is 4.12. The standard InChI is InChI=1S/C21H25N5O2/c1-3-18-12-19(21-23-22-14-26(21)24-18)25-9-8-17(13-25)10-15-4-6-16(7-5-15)11-20(27)28-2/h4-7,12,14,17H,3,8-11,13H2,1-2H3. The number of benzene rings is 1. The van der Waals surface area contributed by atoms with Crippen LogP contribution < -0.4 is 4.90 Å². The van der Waals surface area contributed by atoms with Crippen LogP contribution in [0.15, 0.2) is 36.7 Å². The predicted octanol–water partition coefficient (Wildman–Crippen LogP) is 2.47. The third-order valence-electron chi connectivity index (χ3n) is 5.41. The first-order chi connectivity index (χ1) is 13.7. The van der Waals surface area contributed by atoms with Gasteiger partial charge in [0.1, 0.15) is 6.33 Å². The molecule has 1 aromatic carbocycles. The molecule has 1 fully saturated rings. The molecule has 0 N–H and O–H groups in total. The average molecular weight is 379 g/mol. The highest BCUT2D eigenvalue weighted by molar-refractivity contribution is 5.72. The van der Waals surface area contributed by atoms with Gasteiger partial charge in [0.15, 0.2) is 0 Å². The van der Waals surface area contributed by atoms with Crippen LogP contribution in [0.5, 0.6) is 0 Å². The smallest absolute Gasteiger partial charge is 0.309 e. The van der Waals surface area contributed by atoms with Crippen LogP contribution in [0.4, 0.5) is 5.69 Å². The summed E-state index contributed by atoms with van der Waals surface area (Å²) in [5.74, 6) is 0.385. The lowest BCUT2D eigenvalue weighted by atomic mass is 9.97. The average Bonchev–Trinajstić information content (AvgIpc) is 3.38. The van der Waals surface area contributed by atoms with Crippen molar-refractivity contribution in [2.75, 3.05) is 25.1 Å². The van der Waals surface area contributed by atoms with Crippen LogP contribution in [-0.2, 0) is 28.8 Å². The number of carbonyl (C=O) groups excluding carboxylic acids is 1. The largest absolute Gasteiger partial charge is 0.469 e. The zero-order valence-electron chi connectivity index (χ0n) is 16.3. The molecule has 0 bridgehead atoms. The molecular weight excluding hydrogens is 354 g/mol. The van der Waals surface area contributed by atoms with E-state index < -0.39 is 0 Å². The molecule has 3 heterocycles. The second-order valence-corrected chi connectivity index (χ2v) is 7.35. The number of aryl methyl sites for hydroxylation is 1. The van der Waals surface area contributed by atoms with Crippen molar-refractivity contribution in [3.63, 3.8) is 0 Å². The van der Waals surface area contributed by atoms with Gasteiger partial charge in [-0.25, -0.2) is 0 Å². The molecule has 2 aromatic heterocycles. The lowest BCUT2D eigenvalue weighted by molar-refractivity contribution is -0.139. The highest BCUT2D eigenvalue weighted by Gasteiger charge is 2.25. The molecule has 28 heavy (non-hydrogen) atoms. The summed E-state index contributed by atoms with van der Waals surface area (Å²) in [4.78, 5) is 13.8. The summed E-state index contributed by atoms with van der Waals surface area (Å²) < 4.78 is 6.51. The van der Waals surface area contributed by atoms with Gasteiger partial charge in [-0.15, -0.1) is 10.2 Å². The molecule has 7 heteroatoms. The molecule has 0 aliphatic carbocycles. The SMILES string of the molecule is CCc1cc(N2CCC(Cc3ccc(CC(=O)OC)cc3)C2)c2nncn2n1. The van der Waals surface area contributed by atoms with E-state index in [2.05, 4.69) is 45.3 Å². The number of fused-ring (bicyclic) bond motifs is 1. The van der Waals surface area contributed by atoms with Crippen LogP contribution in [0.25, 0.3) is 5.65 Å². The van der Waals surface area contributed by atoms with Crippen molar-refractivity contribution < 1.29 is 9.53 Å². The first-order valence-corrected chi connectivity index (χ1v) is 9.75. The zero-order chi connectivity index (χ0) is 19.5. The molecule has 1 aliphatic rings. The molecule has 0 spiro atoms. The maximum Gasteiger partial charge on any atom is 0.309 e. The summed E-state index contributed by atoms with van der Waals surface area (Å²) in [6, 6.07) is 10.4. The van der Waals surface area contributed by atoms with Gasteiger partial charge >= 0.3 is 5.97 Å². The Morgan fingerprint density at radius 2 is 2.04 bits per heavy atom. The Morgan fingerprint density at radius 1 is 1.25 bits per heavy atom. The Bertz CT molecular complexity index is 967. The van der Waals surface area contributed by atoms with E-state index in [0.717, 1.165) is 54.9 Å². The van der Waals surface area contributed by atoms with E-state index in [-0.39, 0.29) is 5.97 Å². The van der Waals surface area contributed by atoms with Crippen LogP contribution in [-0.4, -0.2) is 46.0 Å². The maximum absolute atomic E-state index is 11.4. The molecule has 4 rings (SSSR count). The van der Waals surface area contributed by atoms with Crippen molar-refractivity contribution in [2.24, 2.45) is 5.92 Å². The molecule has 1 saturated heterocycles. The molecule has 0 radical (unpaired) electrons.